The number of amides is 1. The molecule has 1 amide bonds. The minimum absolute atomic E-state index is 0.150. The number of carbonyl (C=O) groups excluding carboxylic acids is 1. The Labute approximate surface area is 150 Å². The van der Waals surface area contributed by atoms with Gasteiger partial charge < -0.3 is 10.4 Å². The van der Waals surface area contributed by atoms with Crippen molar-refractivity contribution in [2.24, 2.45) is 0 Å². The van der Waals surface area contributed by atoms with Gasteiger partial charge in [-0.05, 0) is 40.0 Å². The van der Waals surface area contributed by atoms with Crippen molar-refractivity contribution in [1.82, 2.24) is 5.32 Å². The quantitative estimate of drug-likeness (QED) is 0.758. The molecule has 0 heterocycles. The molecule has 0 saturated heterocycles. The van der Waals surface area contributed by atoms with E-state index in [0.29, 0.717) is 10.7 Å². The van der Waals surface area contributed by atoms with Gasteiger partial charge in [-0.2, -0.15) is 0 Å². The monoisotopic (exact) mass is 347 g/mol. The fraction of sp³-hybridized carbons (Fsp3) is 0.450. The molecule has 24 heavy (non-hydrogen) atoms. The summed E-state index contributed by atoms with van der Waals surface area (Å²) in [6.07, 6.45) is 1.84. The lowest BCUT2D eigenvalue weighted by molar-refractivity contribution is -0.116. The first-order chi connectivity index (χ1) is 10.9. The van der Waals surface area contributed by atoms with E-state index in [1.807, 2.05) is 18.2 Å². The molecule has 0 fully saturated rings. The Bertz CT molecular complexity index is 626. The van der Waals surface area contributed by atoms with Crippen LogP contribution < -0.4 is 5.32 Å². The highest BCUT2D eigenvalue weighted by molar-refractivity contribution is 8.06. The lowest BCUT2D eigenvalue weighted by Gasteiger charge is -2.28. The fourth-order valence-electron chi connectivity index (χ4n) is 2.40. The van der Waals surface area contributed by atoms with Crippen LogP contribution in [0.1, 0.15) is 58.2 Å². The van der Waals surface area contributed by atoms with Crippen LogP contribution in [0.5, 0.6) is 5.75 Å². The van der Waals surface area contributed by atoms with E-state index in [4.69, 9.17) is 0 Å². The van der Waals surface area contributed by atoms with E-state index in [1.54, 1.807) is 12.5 Å². The molecule has 0 aliphatic carbocycles. The topological polar surface area (TPSA) is 49.3 Å². The molecular weight excluding hydrogens is 318 g/mol. The van der Waals surface area contributed by atoms with Crippen molar-refractivity contribution in [3.05, 3.63) is 45.7 Å². The van der Waals surface area contributed by atoms with Crippen LogP contribution in [-0.4, -0.2) is 18.1 Å². The second kappa shape index (κ2) is 7.47. The van der Waals surface area contributed by atoms with E-state index >= 15 is 0 Å². The van der Waals surface area contributed by atoms with Gasteiger partial charge in [0.05, 0.1) is 4.91 Å². The van der Waals surface area contributed by atoms with Crippen molar-refractivity contribution in [3.63, 3.8) is 0 Å². The number of hydrogen-bond acceptors (Lipinski definition) is 3. The number of likely N-dealkylation sites (N-methyl/N-ethyl adjacent to an activating group) is 1. The van der Waals surface area contributed by atoms with Gasteiger partial charge in [0.15, 0.2) is 0 Å². The second-order valence-corrected chi connectivity index (χ2v) is 8.85. The van der Waals surface area contributed by atoms with Crippen LogP contribution in [0.2, 0.25) is 0 Å². The summed E-state index contributed by atoms with van der Waals surface area (Å²) in [6.45, 7) is 16.1. The third-order valence-electron chi connectivity index (χ3n) is 3.71. The van der Waals surface area contributed by atoms with Crippen LogP contribution in [0, 0.1) is 0 Å². The summed E-state index contributed by atoms with van der Waals surface area (Å²) < 4.78 is 0. The molecule has 0 spiro atoms. The molecule has 0 saturated carbocycles. The molecular formula is C20H29NO2S. The molecule has 2 N–H and O–H groups in total. The van der Waals surface area contributed by atoms with Crippen LogP contribution >= 0.6 is 11.8 Å². The molecule has 0 radical (unpaired) electrons. The Morgan fingerprint density at radius 3 is 1.92 bits per heavy atom. The Kier molecular flexibility index (Phi) is 6.34. The van der Waals surface area contributed by atoms with Crippen LogP contribution in [0.4, 0.5) is 0 Å². The number of carbonyl (C=O) groups is 1. The summed E-state index contributed by atoms with van der Waals surface area (Å²) in [5.41, 5.74) is 2.25. The van der Waals surface area contributed by atoms with Crippen LogP contribution in [0.25, 0.3) is 6.08 Å². The number of nitrogens with one attached hydrogen (secondary N) is 1. The van der Waals surface area contributed by atoms with Gasteiger partial charge in [0.2, 0.25) is 0 Å². The highest BCUT2D eigenvalue weighted by Crippen LogP contribution is 2.40. The zero-order valence-electron chi connectivity index (χ0n) is 15.8. The maximum atomic E-state index is 12.0. The van der Waals surface area contributed by atoms with E-state index in [1.165, 1.54) is 11.8 Å². The summed E-state index contributed by atoms with van der Waals surface area (Å²) >= 11 is 1.29. The highest BCUT2D eigenvalue weighted by atomic mass is 32.2. The van der Waals surface area contributed by atoms with Gasteiger partial charge in [-0.1, -0.05) is 59.9 Å². The lowest BCUT2D eigenvalue weighted by Crippen LogP contribution is -2.19. The Morgan fingerprint density at radius 2 is 1.58 bits per heavy atom. The van der Waals surface area contributed by atoms with Crippen molar-refractivity contribution >= 4 is 23.7 Å². The smallest absolute Gasteiger partial charge is 0.257 e. The number of rotatable bonds is 4. The number of benzene rings is 1. The Morgan fingerprint density at radius 1 is 1.12 bits per heavy atom. The summed E-state index contributed by atoms with van der Waals surface area (Å²) in [4.78, 5) is 12.6. The van der Waals surface area contributed by atoms with E-state index in [2.05, 4.69) is 53.4 Å². The minimum Gasteiger partial charge on any atom is -0.507 e. The van der Waals surface area contributed by atoms with Crippen molar-refractivity contribution in [3.8, 4) is 5.75 Å². The van der Waals surface area contributed by atoms with Gasteiger partial charge in [0, 0.05) is 18.2 Å². The highest BCUT2D eigenvalue weighted by Gasteiger charge is 2.26. The molecule has 0 aromatic heterocycles. The second-order valence-electron chi connectivity index (χ2n) is 7.84. The molecule has 1 rings (SSSR count). The van der Waals surface area contributed by atoms with E-state index in [9.17, 15) is 9.90 Å². The van der Waals surface area contributed by atoms with Gasteiger partial charge in [-0.25, -0.2) is 0 Å². The molecule has 0 bridgehead atoms. The van der Waals surface area contributed by atoms with Crippen molar-refractivity contribution in [1.29, 1.82) is 0 Å². The maximum Gasteiger partial charge on any atom is 0.257 e. The first-order valence-corrected chi connectivity index (χ1v) is 8.89. The molecule has 0 aliphatic rings. The van der Waals surface area contributed by atoms with Gasteiger partial charge in [-0.15, -0.1) is 0 Å². The van der Waals surface area contributed by atoms with Crippen molar-refractivity contribution < 1.29 is 9.90 Å². The molecule has 1 aromatic rings. The Hall–Kier alpha value is -1.68. The predicted octanol–water partition coefficient (Wildman–Crippen LogP) is 4.95. The van der Waals surface area contributed by atoms with Gasteiger partial charge >= 0.3 is 0 Å². The minimum atomic E-state index is -0.202. The molecule has 4 heteroatoms. The maximum absolute atomic E-state index is 12.0. The summed E-state index contributed by atoms with van der Waals surface area (Å²) in [7, 11) is 1.61. The normalized spacial score (nSPS) is 12.9. The van der Waals surface area contributed by atoms with E-state index < -0.39 is 0 Å². The number of phenols is 1. The third kappa shape index (κ3) is 4.91. The SMILES string of the molecule is C=CS/C(=C\c1cc(C(C)(C)C)c(O)c(C(C)(C)C)c1)C(=O)NC. The standard InChI is InChI=1S/C20H29NO2S/c1-9-24-16(18(23)21-8)12-13-10-14(19(2,3)4)17(22)15(11-13)20(5,6)7/h9-12,22H,1H2,2-8H3,(H,21,23)/b16-12-. The lowest BCUT2D eigenvalue weighted by atomic mass is 9.78. The average Bonchev–Trinajstić information content (AvgIpc) is 2.45. The molecule has 0 atom stereocenters. The third-order valence-corrected chi connectivity index (χ3v) is 4.43. The number of aromatic hydroxyl groups is 1. The first kappa shape index (κ1) is 20.4. The van der Waals surface area contributed by atoms with Gasteiger partial charge in [-0.3, -0.25) is 4.79 Å². The molecule has 0 aliphatic heterocycles. The summed E-state index contributed by atoms with van der Waals surface area (Å²) in [5.74, 6) is 0.188. The number of thioether (sulfide) groups is 1. The molecule has 0 unspecified atom stereocenters. The zero-order chi connectivity index (χ0) is 18.7. The molecule has 1 aromatic carbocycles. The van der Waals surface area contributed by atoms with Crippen LogP contribution in [0.3, 0.4) is 0 Å². The summed E-state index contributed by atoms with van der Waals surface area (Å²) in [5, 5.41) is 15.0. The van der Waals surface area contributed by atoms with Gasteiger partial charge in [0.1, 0.15) is 5.75 Å². The predicted molar refractivity (Wildman–Crippen MR) is 105 cm³/mol. The van der Waals surface area contributed by atoms with Crippen molar-refractivity contribution in [2.45, 2.75) is 52.4 Å². The first-order valence-electron chi connectivity index (χ1n) is 8.01. The van der Waals surface area contributed by atoms with Crippen LogP contribution in [0.15, 0.2) is 29.0 Å². The van der Waals surface area contributed by atoms with Gasteiger partial charge in [0.25, 0.3) is 5.91 Å². The largest absolute Gasteiger partial charge is 0.507 e. The summed E-state index contributed by atoms with van der Waals surface area (Å²) in [6, 6.07) is 3.91. The molecule has 3 nitrogen and oxygen atoms in total. The molecule has 132 valence electrons. The zero-order valence-corrected chi connectivity index (χ0v) is 16.6. The number of hydrogen-bond donors (Lipinski definition) is 2. The van der Waals surface area contributed by atoms with E-state index in [0.717, 1.165) is 16.7 Å². The average molecular weight is 348 g/mol. The van der Waals surface area contributed by atoms with Crippen molar-refractivity contribution in [2.75, 3.05) is 7.05 Å². The Balaban J connectivity index is 3.65. The van der Waals surface area contributed by atoms with E-state index in [-0.39, 0.29) is 16.7 Å². The van der Waals surface area contributed by atoms with Crippen LogP contribution in [-0.2, 0) is 15.6 Å². The number of phenolic OH excluding ortho intramolecular Hbond substituents is 1. The fourth-order valence-corrected chi connectivity index (χ4v) is 2.99.